The minimum absolute atomic E-state index is 0.118. The highest BCUT2D eigenvalue weighted by atomic mass is 16.3. The first-order valence-electron chi connectivity index (χ1n) is 4.97. The molecule has 0 spiro atoms. The maximum Gasteiger partial charge on any atom is 0.119 e. The van der Waals surface area contributed by atoms with Gasteiger partial charge in [-0.3, -0.25) is 4.90 Å². The number of furan rings is 1. The third-order valence-electron chi connectivity index (χ3n) is 2.61. The van der Waals surface area contributed by atoms with E-state index in [1.807, 2.05) is 6.07 Å². The van der Waals surface area contributed by atoms with Gasteiger partial charge in [-0.2, -0.15) is 0 Å². The fraction of sp³-hybridized carbons (Fsp3) is 0.600. The minimum atomic E-state index is -0.118. The zero-order valence-electron chi connectivity index (χ0n) is 8.15. The molecular formula is C10H16N2O2. The van der Waals surface area contributed by atoms with Gasteiger partial charge in [-0.25, -0.2) is 0 Å². The van der Waals surface area contributed by atoms with Crippen LogP contribution in [-0.4, -0.2) is 29.2 Å². The van der Waals surface area contributed by atoms with Crippen LogP contribution in [0.3, 0.4) is 0 Å². The highest BCUT2D eigenvalue weighted by molar-refractivity contribution is 5.34. The summed E-state index contributed by atoms with van der Waals surface area (Å²) in [7, 11) is 0. The van der Waals surface area contributed by atoms with E-state index in [-0.39, 0.29) is 6.10 Å². The van der Waals surface area contributed by atoms with Crippen LogP contribution < -0.4 is 5.73 Å². The van der Waals surface area contributed by atoms with Crippen molar-refractivity contribution in [1.82, 2.24) is 4.90 Å². The lowest BCUT2D eigenvalue weighted by Gasteiger charge is -2.28. The number of likely N-dealkylation sites (tertiary alicyclic amines) is 1. The first kappa shape index (κ1) is 9.55. The lowest BCUT2D eigenvalue weighted by Crippen LogP contribution is -2.35. The summed E-state index contributed by atoms with van der Waals surface area (Å²) in [4.78, 5) is 2.27. The number of aliphatic hydroxyl groups is 1. The standard InChI is InChI=1S/C10H16N2O2/c11-8-5-10(14-7-8)6-12-3-1-9(13)2-4-12/h5,7,9,13H,1-4,6,11H2. The smallest absolute Gasteiger partial charge is 0.119 e. The minimum Gasteiger partial charge on any atom is -0.466 e. The number of nitrogens with zero attached hydrogens (tertiary/aromatic N) is 1. The van der Waals surface area contributed by atoms with Gasteiger partial charge in [0.05, 0.1) is 18.3 Å². The highest BCUT2D eigenvalue weighted by Gasteiger charge is 2.17. The Hall–Kier alpha value is -1.00. The van der Waals surface area contributed by atoms with Gasteiger partial charge in [-0.15, -0.1) is 0 Å². The van der Waals surface area contributed by atoms with E-state index in [1.165, 1.54) is 0 Å². The molecule has 0 atom stereocenters. The molecule has 4 heteroatoms. The third kappa shape index (κ3) is 2.27. The fourth-order valence-electron chi connectivity index (χ4n) is 1.78. The van der Waals surface area contributed by atoms with Gasteiger partial charge in [0.25, 0.3) is 0 Å². The Labute approximate surface area is 83.3 Å². The van der Waals surface area contributed by atoms with Crippen molar-refractivity contribution < 1.29 is 9.52 Å². The number of hydrogen-bond donors (Lipinski definition) is 2. The van der Waals surface area contributed by atoms with E-state index >= 15 is 0 Å². The maximum atomic E-state index is 9.33. The maximum absolute atomic E-state index is 9.33. The van der Waals surface area contributed by atoms with E-state index in [4.69, 9.17) is 10.2 Å². The number of rotatable bonds is 2. The summed E-state index contributed by atoms with van der Waals surface area (Å²) in [5, 5.41) is 9.33. The van der Waals surface area contributed by atoms with Crippen LogP contribution in [0.4, 0.5) is 5.69 Å². The second-order valence-electron chi connectivity index (χ2n) is 3.85. The van der Waals surface area contributed by atoms with Crippen LogP contribution in [0, 0.1) is 0 Å². The van der Waals surface area contributed by atoms with E-state index < -0.39 is 0 Å². The van der Waals surface area contributed by atoms with Gasteiger partial charge in [0.15, 0.2) is 0 Å². The summed E-state index contributed by atoms with van der Waals surface area (Å²) in [6.07, 6.45) is 3.16. The molecule has 2 rings (SSSR count). The van der Waals surface area contributed by atoms with Gasteiger partial charge >= 0.3 is 0 Å². The van der Waals surface area contributed by atoms with Crippen LogP contribution in [0.1, 0.15) is 18.6 Å². The summed E-state index contributed by atoms with van der Waals surface area (Å²) in [6.45, 7) is 2.66. The first-order valence-corrected chi connectivity index (χ1v) is 4.97. The average Bonchev–Trinajstić information content (AvgIpc) is 2.56. The molecule has 1 aromatic heterocycles. The Balaban J connectivity index is 1.86. The molecule has 0 aromatic carbocycles. The van der Waals surface area contributed by atoms with E-state index in [2.05, 4.69) is 4.90 Å². The average molecular weight is 196 g/mol. The van der Waals surface area contributed by atoms with Crippen molar-refractivity contribution in [1.29, 1.82) is 0 Å². The molecule has 0 aliphatic carbocycles. The molecule has 2 heterocycles. The molecule has 0 saturated carbocycles. The van der Waals surface area contributed by atoms with Gasteiger partial charge in [0.2, 0.25) is 0 Å². The van der Waals surface area contributed by atoms with E-state index in [0.29, 0.717) is 5.69 Å². The van der Waals surface area contributed by atoms with Gasteiger partial charge in [-0.05, 0) is 12.8 Å². The molecule has 1 aliphatic heterocycles. The first-order chi connectivity index (χ1) is 6.74. The lowest BCUT2D eigenvalue weighted by molar-refractivity contribution is 0.0760. The van der Waals surface area contributed by atoms with Crippen molar-refractivity contribution in [2.45, 2.75) is 25.5 Å². The summed E-state index contributed by atoms with van der Waals surface area (Å²) in [6, 6.07) is 1.85. The molecule has 0 bridgehead atoms. The second kappa shape index (κ2) is 4.02. The van der Waals surface area contributed by atoms with Crippen molar-refractivity contribution in [3.63, 3.8) is 0 Å². The van der Waals surface area contributed by atoms with Crippen LogP contribution >= 0.6 is 0 Å². The zero-order valence-corrected chi connectivity index (χ0v) is 8.15. The van der Waals surface area contributed by atoms with Crippen LogP contribution in [0.5, 0.6) is 0 Å². The van der Waals surface area contributed by atoms with Crippen molar-refractivity contribution in [3.8, 4) is 0 Å². The number of aliphatic hydroxyl groups excluding tert-OH is 1. The number of nitrogen functional groups attached to an aromatic ring is 1. The molecule has 14 heavy (non-hydrogen) atoms. The summed E-state index contributed by atoms with van der Waals surface area (Å²) in [5.41, 5.74) is 6.23. The summed E-state index contributed by atoms with van der Waals surface area (Å²) >= 11 is 0. The quantitative estimate of drug-likeness (QED) is 0.735. The number of nitrogens with two attached hydrogens (primary N) is 1. The Morgan fingerprint density at radius 1 is 1.50 bits per heavy atom. The van der Waals surface area contributed by atoms with Crippen LogP contribution in [0.15, 0.2) is 16.7 Å². The van der Waals surface area contributed by atoms with Crippen molar-refractivity contribution >= 4 is 5.69 Å². The Morgan fingerprint density at radius 3 is 2.79 bits per heavy atom. The van der Waals surface area contributed by atoms with Gasteiger partial charge in [-0.1, -0.05) is 0 Å². The van der Waals surface area contributed by atoms with Crippen LogP contribution in [0.25, 0.3) is 0 Å². The molecule has 4 nitrogen and oxygen atoms in total. The highest BCUT2D eigenvalue weighted by Crippen LogP contribution is 2.16. The zero-order chi connectivity index (χ0) is 9.97. The van der Waals surface area contributed by atoms with Gasteiger partial charge < -0.3 is 15.3 Å². The fourth-order valence-corrected chi connectivity index (χ4v) is 1.78. The van der Waals surface area contributed by atoms with E-state index in [9.17, 15) is 5.11 Å². The molecule has 1 aromatic rings. The SMILES string of the molecule is Nc1coc(CN2CCC(O)CC2)c1. The summed E-state index contributed by atoms with van der Waals surface area (Å²) in [5.74, 6) is 0.902. The molecule has 1 fully saturated rings. The predicted octanol–water partition coefficient (Wildman–Crippen LogP) is 0.819. The number of piperidine rings is 1. The molecule has 3 N–H and O–H groups in total. The molecule has 1 saturated heterocycles. The Bertz CT molecular complexity index is 290. The largest absolute Gasteiger partial charge is 0.466 e. The van der Waals surface area contributed by atoms with Crippen LogP contribution in [0.2, 0.25) is 0 Å². The van der Waals surface area contributed by atoms with E-state index in [0.717, 1.165) is 38.2 Å². The number of hydrogen-bond acceptors (Lipinski definition) is 4. The van der Waals surface area contributed by atoms with Crippen molar-refractivity contribution in [2.24, 2.45) is 0 Å². The molecular weight excluding hydrogens is 180 g/mol. The molecule has 78 valence electrons. The molecule has 0 unspecified atom stereocenters. The molecule has 1 aliphatic rings. The Kier molecular flexibility index (Phi) is 2.74. The molecule has 0 radical (unpaired) electrons. The van der Waals surface area contributed by atoms with Gasteiger partial charge in [0.1, 0.15) is 12.0 Å². The monoisotopic (exact) mass is 196 g/mol. The van der Waals surface area contributed by atoms with Gasteiger partial charge in [0, 0.05) is 19.2 Å². The van der Waals surface area contributed by atoms with Crippen LogP contribution in [-0.2, 0) is 6.54 Å². The van der Waals surface area contributed by atoms with Crippen molar-refractivity contribution in [3.05, 3.63) is 18.1 Å². The normalized spacial score (nSPS) is 20.1. The summed E-state index contributed by atoms with van der Waals surface area (Å²) < 4.78 is 5.26. The second-order valence-corrected chi connectivity index (χ2v) is 3.85. The van der Waals surface area contributed by atoms with Crippen molar-refractivity contribution in [2.75, 3.05) is 18.8 Å². The lowest BCUT2D eigenvalue weighted by atomic mass is 10.1. The topological polar surface area (TPSA) is 62.6 Å². The number of anilines is 1. The Morgan fingerprint density at radius 2 is 2.21 bits per heavy atom. The molecule has 0 amide bonds. The predicted molar refractivity (Wildman–Crippen MR) is 53.6 cm³/mol. The third-order valence-corrected chi connectivity index (χ3v) is 2.61. The van der Waals surface area contributed by atoms with E-state index in [1.54, 1.807) is 6.26 Å².